The molecule has 0 aromatic carbocycles. The van der Waals surface area contributed by atoms with Crippen molar-refractivity contribution in [2.45, 2.75) is 115 Å². The lowest BCUT2D eigenvalue weighted by molar-refractivity contribution is -0.116. The highest BCUT2D eigenvalue weighted by Gasteiger charge is 2.38. The predicted molar refractivity (Wildman–Crippen MR) is 190 cm³/mol. The summed E-state index contributed by atoms with van der Waals surface area (Å²) < 4.78 is 42.4. The Hall–Kier alpha value is -3.15. The van der Waals surface area contributed by atoms with Crippen LogP contribution >= 0.6 is 7.82 Å². The predicted octanol–water partition coefficient (Wildman–Crippen LogP) is 6.19. The topological polar surface area (TPSA) is 197 Å². The molecule has 0 aliphatic heterocycles. The van der Waals surface area contributed by atoms with Gasteiger partial charge in [0.25, 0.3) is 0 Å². The Morgan fingerprint density at radius 3 is 2.34 bits per heavy atom. The lowest BCUT2D eigenvalue weighted by Crippen LogP contribution is -2.46. The van der Waals surface area contributed by atoms with E-state index in [0.29, 0.717) is 29.2 Å². The number of fused-ring (bicyclic) bond motifs is 1. The zero-order chi connectivity index (χ0) is 36.2. The molecule has 14 nitrogen and oxygen atoms in total. The fourth-order valence-corrected chi connectivity index (χ4v) is 6.23. The normalized spacial score (nSPS) is 15.3. The fraction of sp³-hybridized carbons (Fsp3) is 0.657. The Labute approximate surface area is 295 Å². The van der Waals surface area contributed by atoms with Crippen molar-refractivity contribution in [3.63, 3.8) is 0 Å². The molecule has 3 aromatic rings. The van der Waals surface area contributed by atoms with Gasteiger partial charge >= 0.3 is 7.82 Å². The monoisotopic (exact) mass is 718 g/mol. The third-order valence-electron chi connectivity index (χ3n) is 8.67. The third-order valence-corrected chi connectivity index (χ3v) is 9.60. The van der Waals surface area contributed by atoms with Gasteiger partial charge in [-0.1, -0.05) is 77.6 Å². The van der Waals surface area contributed by atoms with E-state index in [2.05, 4.69) is 22.0 Å². The van der Waals surface area contributed by atoms with Gasteiger partial charge in [0.05, 0.1) is 37.6 Å². The molecule has 0 radical (unpaired) electrons. The number of aliphatic hydroxyl groups is 1. The maximum atomic E-state index is 13.0. The van der Waals surface area contributed by atoms with Gasteiger partial charge in [-0.2, -0.15) is 10.4 Å². The molecule has 4 atom stereocenters. The summed E-state index contributed by atoms with van der Waals surface area (Å²) >= 11 is 0. The molecular formula is C35H55N6O8P. The summed E-state index contributed by atoms with van der Waals surface area (Å²) in [5.74, 6) is 0.447. The molecule has 15 heteroatoms. The molecule has 0 saturated carbocycles. The first-order valence-corrected chi connectivity index (χ1v) is 19.1. The molecule has 0 spiro atoms. The Bertz CT molecular complexity index is 1500. The number of aromatic nitrogens is 4. The first kappa shape index (κ1) is 41.3. The highest BCUT2D eigenvalue weighted by Crippen LogP contribution is 2.44. The number of phosphoric acid groups is 1. The van der Waals surface area contributed by atoms with Crippen molar-refractivity contribution < 1.29 is 37.8 Å². The van der Waals surface area contributed by atoms with Crippen molar-refractivity contribution in [3.8, 4) is 11.9 Å². The number of aliphatic hydroxyl groups excluding tert-OH is 1. The van der Waals surface area contributed by atoms with Gasteiger partial charge in [0, 0.05) is 38.1 Å². The van der Waals surface area contributed by atoms with E-state index in [0.717, 1.165) is 19.3 Å². The van der Waals surface area contributed by atoms with Crippen LogP contribution in [0.15, 0.2) is 36.8 Å². The minimum absolute atomic E-state index is 0.0599. The minimum Gasteiger partial charge on any atom is -0.469 e. The number of unbranched alkanes of at least 4 members (excludes halogenated alkanes) is 11. The lowest BCUT2D eigenvalue weighted by atomic mass is 9.96. The summed E-state index contributed by atoms with van der Waals surface area (Å²) in [7, 11) is -3.28. The number of nitrogens with zero attached hydrogens (tertiary/aromatic N) is 5. The molecule has 3 heterocycles. The van der Waals surface area contributed by atoms with Gasteiger partial charge in [-0.25, -0.2) is 19.0 Å². The second-order valence-electron chi connectivity index (χ2n) is 12.7. The SMILES string of the molecule is CCCCCCCCCCCCCCOC[C@H](COP(=O)(O)OC[C@@](C)(OC)[C@@H](O)Cc1ccc2c(N)ncnn12)Oc1cc(C#N)ccn1. The van der Waals surface area contributed by atoms with Gasteiger partial charge in [0.1, 0.15) is 23.5 Å². The van der Waals surface area contributed by atoms with Crippen LogP contribution in [0, 0.1) is 11.3 Å². The Balaban J connectivity index is 1.46. The van der Waals surface area contributed by atoms with Crippen LogP contribution in [-0.4, -0.2) is 80.9 Å². The molecule has 4 N–H and O–H groups in total. The van der Waals surface area contributed by atoms with Crippen molar-refractivity contribution in [1.82, 2.24) is 19.6 Å². The summed E-state index contributed by atoms with van der Waals surface area (Å²) in [5, 5.41) is 24.5. The van der Waals surface area contributed by atoms with E-state index in [-0.39, 0.29) is 25.5 Å². The van der Waals surface area contributed by atoms with E-state index in [9.17, 15) is 19.8 Å². The maximum Gasteiger partial charge on any atom is 0.472 e. The van der Waals surface area contributed by atoms with E-state index in [1.165, 1.54) is 83.5 Å². The third kappa shape index (κ3) is 14.2. The van der Waals surface area contributed by atoms with Crippen molar-refractivity contribution in [1.29, 1.82) is 5.26 Å². The number of ether oxygens (including phenoxy) is 3. The van der Waals surface area contributed by atoms with Gasteiger partial charge in [-0.05, 0) is 31.5 Å². The number of anilines is 1. The number of methoxy groups -OCH3 is 1. The van der Waals surface area contributed by atoms with Crippen LogP contribution in [0.4, 0.5) is 5.82 Å². The molecule has 1 unspecified atom stereocenters. The summed E-state index contributed by atoms with van der Waals surface area (Å²) in [6.07, 6.45) is 15.7. The van der Waals surface area contributed by atoms with Crippen LogP contribution < -0.4 is 10.5 Å². The van der Waals surface area contributed by atoms with Crippen LogP contribution in [0.3, 0.4) is 0 Å². The molecule has 0 saturated heterocycles. The largest absolute Gasteiger partial charge is 0.472 e. The Morgan fingerprint density at radius 2 is 1.68 bits per heavy atom. The molecule has 0 amide bonds. The highest BCUT2D eigenvalue weighted by molar-refractivity contribution is 7.47. The average Bonchev–Trinajstić information content (AvgIpc) is 3.53. The smallest absolute Gasteiger partial charge is 0.469 e. The number of rotatable bonds is 27. The fourth-order valence-electron chi connectivity index (χ4n) is 5.38. The number of nitriles is 1. The molecule has 0 bridgehead atoms. The van der Waals surface area contributed by atoms with Crippen LogP contribution in [0.25, 0.3) is 5.52 Å². The van der Waals surface area contributed by atoms with Crippen molar-refractivity contribution in [2.24, 2.45) is 0 Å². The van der Waals surface area contributed by atoms with Crippen molar-refractivity contribution in [2.75, 3.05) is 39.3 Å². The van der Waals surface area contributed by atoms with Crippen LogP contribution in [0.2, 0.25) is 0 Å². The molecular weight excluding hydrogens is 663 g/mol. The Morgan fingerprint density at radius 1 is 1.00 bits per heavy atom. The number of nitrogen functional groups attached to an aromatic ring is 1. The van der Waals surface area contributed by atoms with E-state index in [1.54, 1.807) is 29.6 Å². The zero-order valence-corrected chi connectivity index (χ0v) is 30.6. The van der Waals surface area contributed by atoms with Gasteiger partial charge in [0.15, 0.2) is 5.82 Å². The van der Waals surface area contributed by atoms with Gasteiger partial charge < -0.3 is 29.9 Å². The van der Waals surface area contributed by atoms with Crippen LogP contribution in [-0.2, 0) is 29.5 Å². The second-order valence-corrected chi connectivity index (χ2v) is 14.2. The molecule has 50 heavy (non-hydrogen) atoms. The molecule has 0 aliphatic rings. The van der Waals surface area contributed by atoms with Crippen molar-refractivity contribution >= 4 is 19.2 Å². The second kappa shape index (κ2) is 21.9. The molecule has 278 valence electrons. The van der Waals surface area contributed by atoms with Crippen LogP contribution in [0.5, 0.6) is 5.88 Å². The number of pyridine rings is 1. The summed E-state index contributed by atoms with van der Waals surface area (Å²) in [5.41, 5.74) is 6.09. The molecule has 3 rings (SSSR count). The quantitative estimate of drug-likeness (QED) is 0.0597. The molecule has 3 aromatic heterocycles. The number of hydrogen-bond donors (Lipinski definition) is 3. The van der Waals surface area contributed by atoms with Crippen LogP contribution in [0.1, 0.15) is 102 Å². The summed E-state index contributed by atoms with van der Waals surface area (Å²) in [4.78, 5) is 18.7. The summed E-state index contributed by atoms with van der Waals surface area (Å²) in [6, 6.07) is 8.53. The highest BCUT2D eigenvalue weighted by atomic mass is 31.2. The zero-order valence-electron chi connectivity index (χ0n) is 29.7. The minimum atomic E-state index is -4.65. The van der Waals surface area contributed by atoms with E-state index >= 15 is 0 Å². The van der Waals surface area contributed by atoms with Crippen molar-refractivity contribution in [3.05, 3.63) is 48.0 Å². The van der Waals surface area contributed by atoms with E-state index in [1.807, 2.05) is 6.07 Å². The summed E-state index contributed by atoms with van der Waals surface area (Å²) in [6.45, 7) is 3.52. The standard InChI is InChI=1S/C35H55N6O8P/c1-4-5-6-7-8-9-10-11-12-13-14-15-20-46-24-30(49-33-21-28(23-36)18-19-38-33)25-47-50(43,44)48-26-35(2,45-3)32(42)22-29-16-17-31-34(37)39-27-40-41(29)31/h16-19,21,27,30,32,42H,4-15,20,22,24-26H2,1-3H3,(H,43,44)(H2,37,39,40)/t30-,32+,35-/m1/s1. The average molecular weight is 719 g/mol. The first-order valence-electron chi connectivity index (χ1n) is 17.6. The lowest BCUT2D eigenvalue weighted by Gasteiger charge is -2.33. The number of phosphoric ester groups is 1. The van der Waals surface area contributed by atoms with E-state index < -0.39 is 32.2 Å². The van der Waals surface area contributed by atoms with Gasteiger partial charge in [0.2, 0.25) is 5.88 Å². The van der Waals surface area contributed by atoms with Gasteiger partial charge in [-0.15, -0.1) is 0 Å². The number of hydrogen-bond acceptors (Lipinski definition) is 12. The first-order chi connectivity index (χ1) is 24.1. The Kier molecular flexibility index (Phi) is 18.1. The van der Waals surface area contributed by atoms with E-state index in [4.69, 9.17) is 29.0 Å². The molecule has 0 aliphatic carbocycles. The number of nitrogens with two attached hydrogens (primary N) is 1. The maximum absolute atomic E-state index is 13.0. The molecule has 0 fully saturated rings. The van der Waals surface area contributed by atoms with Gasteiger partial charge in [-0.3, -0.25) is 9.05 Å².